The Morgan fingerprint density at radius 1 is 1.00 bits per heavy atom. The third kappa shape index (κ3) is 6.61. The first-order valence-electron chi connectivity index (χ1n) is 13.4. The number of hydrogen-bond donors (Lipinski definition) is 3. The molecule has 1 aliphatic rings. The molecule has 4 N–H and O–H groups in total. The molecule has 0 aliphatic carbocycles. The highest BCUT2D eigenvalue weighted by Crippen LogP contribution is 2.34. The highest BCUT2D eigenvalue weighted by Gasteiger charge is 2.17. The fourth-order valence-electron chi connectivity index (χ4n) is 4.66. The minimum atomic E-state index is -0.239. The number of benzene rings is 3. The summed E-state index contributed by atoms with van der Waals surface area (Å²) >= 11 is 14.2. The summed E-state index contributed by atoms with van der Waals surface area (Å²) in [4.78, 5) is 5.14. The van der Waals surface area contributed by atoms with E-state index in [0.29, 0.717) is 28.9 Å². The summed E-state index contributed by atoms with van der Waals surface area (Å²) in [5.41, 5.74) is 13.0. The van der Waals surface area contributed by atoms with E-state index in [1.807, 2.05) is 95.6 Å². The molecule has 8 nitrogen and oxygen atoms in total. The molecular weight excluding hydrogens is 695 g/mol. The number of halogens is 2. The van der Waals surface area contributed by atoms with Gasteiger partial charge in [0.05, 0.1) is 16.1 Å². The van der Waals surface area contributed by atoms with Gasteiger partial charge >= 0.3 is 0 Å². The Morgan fingerprint density at radius 2 is 1.81 bits per heavy atom. The van der Waals surface area contributed by atoms with Gasteiger partial charge in [-0.1, -0.05) is 60.2 Å². The van der Waals surface area contributed by atoms with Crippen molar-refractivity contribution in [1.29, 1.82) is 0 Å². The van der Waals surface area contributed by atoms with Gasteiger partial charge in [-0.25, -0.2) is 4.52 Å². The van der Waals surface area contributed by atoms with Crippen molar-refractivity contribution in [3.8, 4) is 22.8 Å². The highest BCUT2D eigenvalue weighted by atomic mass is 127. The SMILES string of the molecule is N/C(=C\C=NC(I)Nc1ccc2c(c1)OCCO2)c1c(-c2cccc(NC(=S)c3ccccc3Cl)c2)nn2ccccc12. The summed E-state index contributed by atoms with van der Waals surface area (Å²) in [6.45, 7) is 1.09. The van der Waals surface area contributed by atoms with Gasteiger partial charge in [0.15, 0.2) is 15.7 Å². The monoisotopic (exact) mass is 720 g/mol. The molecule has 0 bridgehead atoms. The molecule has 216 valence electrons. The molecular formula is C32H26ClIN6O2S. The first-order valence-corrected chi connectivity index (χ1v) is 15.4. The number of thiocarbonyl (C=S) groups is 1. The third-order valence-electron chi connectivity index (χ3n) is 6.64. The summed E-state index contributed by atoms with van der Waals surface area (Å²) in [6, 6.07) is 27.0. The molecule has 43 heavy (non-hydrogen) atoms. The Bertz CT molecular complexity index is 1870. The molecule has 0 saturated heterocycles. The van der Waals surface area contributed by atoms with Crippen molar-refractivity contribution in [3.05, 3.63) is 113 Å². The number of hydrogen-bond acceptors (Lipinski definition) is 7. The number of allylic oxidation sites excluding steroid dienone is 1. The van der Waals surface area contributed by atoms with Crippen LogP contribution in [0.4, 0.5) is 11.4 Å². The Labute approximate surface area is 272 Å². The molecule has 5 aromatic rings. The number of aromatic nitrogens is 2. The van der Waals surface area contributed by atoms with Crippen molar-refractivity contribution in [1.82, 2.24) is 9.61 Å². The average molecular weight is 721 g/mol. The van der Waals surface area contributed by atoms with E-state index in [1.165, 1.54) is 0 Å². The molecule has 1 unspecified atom stereocenters. The van der Waals surface area contributed by atoms with Crippen molar-refractivity contribution >= 4 is 80.2 Å². The molecule has 0 radical (unpaired) electrons. The van der Waals surface area contributed by atoms with E-state index in [1.54, 1.807) is 12.3 Å². The number of ether oxygens (including phenoxy) is 2. The number of rotatable bonds is 8. The highest BCUT2D eigenvalue weighted by molar-refractivity contribution is 14.1. The maximum Gasteiger partial charge on any atom is 0.170 e. The molecule has 1 atom stereocenters. The average Bonchev–Trinajstić information content (AvgIpc) is 3.41. The van der Waals surface area contributed by atoms with Crippen LogP contribution in [0.25, 0.3) is 22.5 Å². The molecule has 2 aromatic heterocycles. The Balaban J connectivity index is 1.24. The number of anilines is 2. The van der Waals surface area contributed by atoms with Crippen molar-refractivity contribution in [3.63, 3.8) is 0 Å². The molecule has 3 aromatic carbocycles. The first-order chi connectivity index (χ1) is 21.0. The van der Waals surface area contributed by atoms with Crippen LogP contribution in [0.15, 0.2) is 102 Å². The van der Waals surface area contributed by atoms with E-state index in [2.05, 4.69) is 38.2 Å². The van der Waals surface area contributed by atoms with Crippen molar-refractivity contribution in [2.24, 2.45) is 10.7 Å². The van der Waals surface area contributed by atoms with Gasteiger partial charge in [-0.2, -0.15) is 5.10 Å². The van der Waals surface area contributed by atoms with Gasteiger partial charge < -0.3 is 25.8 Å². The topological polar surface area (TPSA) is 98.2 Å². The van der Waals surface area contributed by atoms with E-state index in [0.717, 1.165) is 50.8 Å². The second kappa shape index (κ2) is 13.0. The molecule has 0 saturated carbocycles. The minimum Gasteiger partial charge on any atom is -0.486 e. The zero-order valence-electron chi connectivity index (χ0n) is 22.7. The van der Waals surface area contributed by atoms with Crippen LogP contribution in [-0.4, -0.2) is 38.2 Å². The van der Waals surface area contributed by atoms with E-state index in [-0.39, 0.29) is 4.17 Å². The van der Waals surface area contributed by atoms with Crippen molar-refractivity contribution in [2.75, 3.05) is 23.8 Å². The van der Waals surface area contributed by atoms with Gasteiger partial charge in [0.25, 0.3) is 0 Å². The molecule has 0 fully saturated rings. The lowest BCUT2D eigenvalue weighted by molar-refractivity contribution is 0.171. The van der Waals surface area contributed by atoms with Crippen LogP contribution in [0.2, 0.25) is 5.02 Å². The van der Waals surface area contributed by atoms with Gasteiger partial charge in [0.1, 0.15) is 23.9 Å². The van der Waals surface area contributed by atoms with E-state index >= 15 is 0 Å². The molecule has 1 aliphatic heterocycles. The lowest BCUT2D eigenvalue weighted by Gasteiger charge is -2.19. The second-order valence-electron chi connectivity index (χ2n) is 9.53. The summed E-state index contributed by atoms with van der Waals surface area (Å²) in [5, 5.41) is 12.1. The zero-order chi connectivity index (χ0) is 29.8. The third-order valence-corrected chi connectivity index (χ3v) is 7.92. The van der Waals surface area contributed by atoms with E-state index in [9.17, 15) is 0 Å². The largest absolute Gasteiger partial charge is 0.486 e. The summed E-state index contributed by atoms with van der Waals surface area (Å²) in [5.74, 6) is 1.47. The Hall–Kier alpha value is -4.13. The van der Waals surface area contributed by atoms with Crippen LogP contribution in [0.3, 0.4) is 0 Å². The number of alkyl halides is 1. The number of nitrogens with one attached hydrogen (secondary N) is 2. The molecule has 11 heteroatoms. The summed E-state index contributed by atoms with van der Waals surface area (Å²) < 4.78 is 12.9. The molecule has 6 rings (SSSR count). The van der Waals surface area contributed by atoms with Crippen LogP contribution < -0.4 is 25.8 Å². The smallest absolute Gasteiger partial charge is 0.170 e. The van der Waals surface area contributed by atoms with Crippen LogP contribution >= 0.6 is 46.4 Å². The Morgan fingerprint density at radius 3 is 2.67 bits per heavy atom. The Kier molecular flexibility index (Phi) is 8.77. The van der Waals surface area contributed by atoms with Gasteiger partial charge in [-0.3, -0.25) is 4.99 Å². The van der Waals surface area contributed by atoms with Crippen LogP contribution in [0, 0.1) is 0 Å². The number of fused-ring (bicyclic) bond motifs is 2. The standard InChI is InChI=1S/C32H26ClIN6O2S/c33-24-9-2-1-8-23(24)31(43)37-21-7-5-6-20(18-21)30-29(26-10-3-4-15-40(26)39-30)25(35)13-14-36-32(34)38-22-11-12-27-28(19-22)42-17-16-41-27/h1-15,18-19,32,38H,16-17,35H2,(H,37,43)/b25-13-,36-14?. The van der Waals surface area contributed by atoms with Gasteiger partial charge in [0.2, 0.25) is 0 Å². The van der Waals surface area contributed by atoms with Crippen molar-refractivity contribution in [2.45, 2.75) is 4.17 Å². The van der Waals surface area contributed by atoms with Gasteiger partial charge in [-0.05, 0) is 71.1 Å². The lowest BCUT2D eigenvalue weighted by atomic mass is 10.0. The van der Waals surface area contributed by atoms with E-state index < -0.39 is 0 Å². The zero-order valence-corrected chi connectivity index (χ0v) is 26.4. The number of nitrogens with two attached hydrogens (primary N) is 1. The second-order valence-corrected chi connectivity index (χ2v) is 11.5. The van der Waals surface area contributed by atoms with Gasteiger partial charge in [0, 0.05) is 46.7 Å². The fraction of sp³-hybridized carbons (Fsp3) is 0.0938. The summed E-state index contributed by atoms with van der Waals surface area (Å²) in [7, 11) is 0. The predicted molar refractivity (Wildman–Crippen MR) is 187 cm³/mol. The fourth-order valence-corrected chi connectivity index (χ4v) is 5.79. The van der Waals surface area contributed by atoms with Crippen LogP contribution in [0.5, 0.6) is 11.5 Å². The first kappa shape index (κ1) is 29.0. The molecule has 0 amide bonds. The van der Waals surface area contributed by atoms with Crippen LogP contribution in [-0.2, 0) is 0 Å². The quantitative estimate of drug-likeness (QED) is 0.0505. The number of pyridine rings is 1. The van der Waals surface area contributed by atoms with Crippen molar-refractivity contribution < 1.29 is 9.47 Å². The van der Waals surface area contributed by atoms with Crippen LogP contribution in [0.1, 0.15) is 11.1 Å². The lowest BCUT2D eigenvalue weighted by Crippen LogP contribution is -2.16. The van der Waals surface area contributed by atoms with Gasteiger partial charge in [-0.15, -0.1) is 0 Å². The summed E-state index contributed by atoms with van der Waals surface area (Å²) in [6.07, 6.45) is 5.39. The normalized spacial score (nSPS) is 13.7. The maximum absolute atomic E-state index is 6.68. The van der Waals surface area contributed by atoms with E-state index in [4.69, 9.17) is 44.1 Å². The minimum absolute atomic E-state index is 0.239. The predicted octanol–water partition coefficient (Wildman–Crippen LogP) is 7.41. The number of nitrogens with zero attached hydrogens (tertiary/aromatic N) is 3. The maximum atomic E-state index is 6.68. The molecule has 0 spiro atoms. The number of aliphatic imine (C=N–C) groups is 1. The molecule has 3 heterocycles.